The number of tetrazole rings is 1. The second kappa shape index (κ2) is 3.16. The standard InChI is InChI=1S/C11H8N4/c1-2-5-9(6-3-1)10-7-4-8-11-12-13-14-15(10)11/h1-8H. The molecule has 0 saturated carbocycles. The molecule has 4 nitrogen and oxygen atoms in total. The highest BCUT2D eigenvalue weighted by atomic mass is 15.5. The van der Waals surface area contributed by atoms with Crippen LogP contribution in [0.1, 0.15) is 0 Å². The molecular formula is C11H8N4. The molecule has 3 aromatic rings. The molecule has 0 saturated heterocycles. The average molecular weight is 196 g/mol. The first-order valence-corrected chi connectivity index (χ1v) is 4.68. The van der Waals surface area contributed by atoms with E-state index in [1.54, 1.807) is 4.52 Å². The fraction of sp³-hybridized carbons (Fsp3) is 0. The van der Waals surface area contributed by atoms with Gasteiger partial charge in [0.2, 0.25) is 0 Å². The molecule has 0 aliphatic rings. The van der Waals surface area contributed by atoms with Gasteiger partial charge in [0.1, 0.15) is 0 Å². The van der Waals surface area contributed by atoms with Gasteiger partial charge >= 0.3 is 0 Å². The molecule has 2 heterocycles. The van der Waals surface area contributed by atoms with E-state index in [1.807, 2.05) is 48.5 Å². The molecule has 0 amide bonds. The third kappa shape index (κ3) is 1.27. The zero-order valence-corrected chi connectivity index (χ0v) is 7.91. The molecule has 15 heavy (non-hydrogen) atoms. The molecule has 0 unspecified atom stereocenters. The molecular weight excluding hydrogens is 188 g/mol. The second-order valence-electron chi connectivity index (χ2n) is 3.23. The van der Waals surface area contributed by atoms with Crippen LogP contribution in [0.2, 0.25) is 0 Å². The smallest absolute Gasteiger partial charge is 0.179 e. The molecule has 0 bridgehead atoms. The molecule has 0 N–H and O–H groups in total. The molecule has 0 fully saturated rings. The summed E-state index contributed by atoms with van der Waals surface area (Å²) < 4.78 is 1.73. The van der Waals surface area contributed by atoms with Crippen LogP contribution in [0.25, 0.3) is 16.9 Å². The SMILES string of the molecule is c1ccc(-c2cccc3nnnn23)cc1. The van der Waals surface area contributed by atoms with Crippen molar-refractivity contribution in [2.24, 2.45) is 0 Å². The van der Waals surface area contributed by atoms with Gasteiger partial charge in [0.05, 0.1) is 5.69 Å². The number of fused-ring (bicyclic) bond motifs is 1. The maximum atomic E-state index is 3.95. The Balaban J connectivity index is 2.31. The molecule has 2 aromatic heterocycles. The van der Waals surface area contributed by atoms with Crippen molar-refractivity contribution in [2.45, 2.75) is 0 Å². The highest BCUT2D eigenvalue weighted by Gasteiger charge is 2.03. The largest absolute Gasteiger partial charge is 0.193 e. The van der Waals surface area contributed by atoms with Crippen molar-refractivity contribution in [1.82, 2.24) is 20.0 Å². The Morgan fingerprint density at radius 2 is 1.73 bits per heavy atom. The summed E-state index contributed by atoms with van der Waals surface area (Å²) in [6, 6.07) is 15.9. The second-order valence-corrected chi connectivity index (χ2v) is 3.23. The summed E-state index contributed by atoms with van der Waals surface area (Å²) in [6.07, 6.45) is 0. The van der Waals surface area contributed by atoms with Crippen molar-refractivity contribution < 1.29 is 0 Å². The topological polar surface area (TPSA) is 43.1 Å². The van der Waals surface area contributed by atoms with Gasteiger partial charge in [-0.05, 0) is 22.6 Å². The summed E-state index contributed by atoms with van der Waals surface area (Å²) in [5, 5.41) is 11.5. The molecule has 72 valence electrons. The van der Waals surface area contributed by atoms with Gasteiger partial charge in [-0.2, -0.15) is 4.52 Å². The normalized spacial score (nSPS) is 10.7. The van der Waals surface area contributed by atoms with Gasteiger partial charge in [0.25, 0.3) is 0 Å². The Hall–Kier alpha value is -2.23. The minimum Gasteiger partial charge on any atom is -0.193 e. The lowest BCUT2D eigenvalue weighted by atomic mass is 10.1. The van der Waals surface area contributed by atoms with Crippen LogP contribution in [-0.2, 0) is 0 Å². The third-order valence-corrected chi connectivity index (χ3v) is 2.29. The van der Waals surface area contributed by atoms with Gasteiger partial charge in [-0.1, -0.05) is 36.4 Å². The predicted molar refractivity (Wildman–Crippen MR) is 56.2 cm³/mol. The third-order valence-electron chi connectivity index (χ3n) is 2.29. The first-order valence-electron chi connectivity index (χ1n) is 4.68. The average Bonchev–Trinajstić information content (AvgIpc) is 2.78. The minimum atomic E-state index is 0.761. The minimum absolute atomic E-state index is 0.761. The van der Waals surface area contributed by atoms with Crippen molar-refractivity contribution in [2.75, 3.05) is 0 Å². The lowest BCUT2D eigenvalue weighted by Gasteiger charge is -2.01. The van der Waals surface area contributed by atoms with Crippen LogP contribution in [0.15, 0.2) is 48.5 Å². The summed E-state index contributed by atoms with van der Waals surface area (Å²) in [6.45, 7) is 0. The monoisotopic (exact) mass is 196 g/mol. The number of hydrogen-bond donors (Lipinski definition) is 0. The number of hydrogen-bond acceptors (Lipinski definition) is 3. The molecule has 0 aliphatic heterocycles. The van der Waals surface area contributed by atoms with Crippen LogP contribution >= 0.6 is 0 Å². The van der Waals surface area contributed by atoms with Gasteiger partial charge in [0, 0.05) is 5.56 Å². The van der Waals surface area contributed by atoms with E-state index in [9.17, 15) is 0 Å². The van der Waals surface area contributed by atoms with Crippen LogP contribution in [-0.4, -0.2) is 20.0 Å². The maximum absolute atomic E-state index is 3.95. The van der Waals surface area contributed by atoms with Gasteiger partial charge in [0.15, 0.2) is 5.65 Å². The Bertz CT molecular complexity index is 586. The van der Waals surface area contributed by atoms with Crippen molar-refractivity contribution >= 4 is 5.65 Å². The van der Waals surface area contributed by atoms with Gasteiger partial charge in [-0.15, -0.1) is 5.10 Å². The quantitative estimate of drug-likeness (QED) is 0.596. The summed E-state index contributed by atoms with van der Waals surface area (Å²) in [7, 11) is 0. The zero-order chi connectivity index (χ0) is 10.1. The van der Waals surface area contributed by atoms with E-state index >= 15 is 0 Å². The fourth-order valence-electron chi connectivity index (χ4n) is 1.59. The lowest BCUT2D eigenvalue weighted by molar-refractivity contribution is 0.828. The van der Waals surface area contributed by atoms with E-state index in [4.69, 9.17) is 0 Å². The Kier molecular flexibility index (Phi) is 1.71. The van der Waals surface area contributed by atoms with Gasteiger partial charge in [-0.25, -0.2) is 0 Å². The van der Waals surface area contributed by atoms with E-state index in [0.717, 1.165) is 16.9 Å². The Morgan fingerprint density at radius 1 is 0.867 bits per heavy atom. The van der Waals surface area contributed by atoms with Crippen molar-refractivity contribution in [3.8, 4) is 11.3 Å². The number of rotatable bonds is 1. The highest BCUT2D eigenvalue weighted by Crippen LogP contribution is 2.18. The zero-order valence-electron chi connectivity index (χ0n) is 7.91. The molecule has 0 atom stereocenters. The lowest BCUT2D eigenvalue weighted by Crippen LogP contribution is -1.93. The molecule has 1 aromatic carbocycles. The van der Waals surface area contributed by atoms with Crippen LogP contribution in [0.3, 0.4) is 0 Å². The highest BCUT2D eigenvalue weighted by molar-refractivity contribution is 5.62. The number of pyridine rings is 1. The summed E-state index contributed by atoms with van der Waals surface area (Å²) in [4.78, 5) is 0. The molecule has 0 spiro atoms. The van der Waals surface area contributed by atoms with Crippen molar-refractivity contribution in [3.05, 3.63) is 48.5 Å². The van der Waals surface area contributed by atoms with Crippen molar-refractivity contribution in [1.29, 1.82) is 0 Å². The number of nitrogens with zero attached hydrogens (tertiary/aromatic N) is 4. The van der Waals surface area contributed by atoms with Gasteiger partial charge < -0.3 is 0 Å². The first-order chi connectivity index (χ1) is 7.45. The Labute approximate surface area is 86.2 Å². The Morgan fingerprint density at radius 3 is 2.60 bits per heavy atom. The fourth-order valence-corrected chi connectivity index (χ4v) is 1.59. The van der Waals surface area contributed by atoms with E-state index in [0.29, 0.717) is 0 Å². The number of benzene rings is 1. The van der Waals surface area contributed by atoms with E-state index < -0.39 is 0 Å². The van der Waals surface area contributed by atoms with Crippen LogP contribution < -0.4 is 0 Å². The number of aromatic nitrogens is 4. The predicted octanol–water partition coefficient (Wildman–Crippen LogP) is 1.79. The van der Waals surface area contributed by atoms with Crippen LogP contribution in [0, 0.1) is 0 Å². The molecule has 0 aliphatic carbocycles. The van der Waals surface area contributed by atoms with Gasteiger partial charge in [-0.3, -0.25) is 0 Å². The van der Waals surface area contributed by atoms with E-state index in [1.165, 1.54) is 0 Å². The molecule has 3 rings (SSSR count). The van der Waals surface area contributed by atoms with Crippen LogP contribution in [0.5, 0.6) is 0 Å². The summed E-state index contributed by atoms with van der Waals surface area (Å²) in [5.74, 6) is 0. The summed E-state index contributed by atoms with van der Waals surface area (Å²) in [5.41, 5.74) is 2.87. The van der Waals surface area contributed by atoms with Crippen LogP contribution in [0.4, 0.5) is 0 Å². The maximum Gasteiger partial charge on any atom is 0.179 e. The van der Waals surface area contributed by atoms with E-state index in [2.05, 4.69) is 15.5 Å². The summed E-state index contributed by atoms with van der Waals surface area (Å²) >= 11 is 0. The van der Waals surface area contributed by atoms with Crippen molar-refractivity contribution in [3.63, 3.8) is 0 Å². The molecule has 0 radical (unpaired) electrons. The molecule has 4 heteroatoms. The van der Waals surface area contributed by atoms with E-state index in [-0.39, 0.29) is 0 Å². The first kappa shape index (κ1) is 8.11.